The first-order valence-electron chi connectivity index (χ1n) is 9.59. The number of carboxylic acids is 1. The molecule has 1 saturated carbocycles. The normalized spacial score (nSPS) is 24.3. The Balaban J connectivity index is 2.08. The molecule has 12 heteroatoms. The number of hydrogen-bond acceptors (Lipinski definition) is 7. The van der Waals surface area contributed by atoms with Gasteiger partial charge in [0, 0.05) is 19.0 Å². The number of amides is 3. The number of nitrogens with two attached hydrogens (primary N) is 2. The molecule has 30 heavy (non-hydrogen) atoms. The lowest BCUT2D eigenvalue weighted by atomic mass is 10.1. The smallest absolute Gasteiger partial charge is 0.322 e. The number of aliphatic carboxylic acids is 1. The fourth-order valence-electron chi connectivity index (χ4n) is 3.81. The van der Waals surface area contributed by atoms with Crippen LogP contribution in [0.2, 0.25) is 0 Å². The van der Waals surface area contributed by atoms with Gasteiger partial charge in [0.25, 0.3) is 11.8 Å². The molecule has 3 amide bonds. The molecule has 0 bridgehead atoms. The van der Waals surface area contributed by atoms with Gasteiger partial charge < -0.3 is 31.9 Å². The molecule has 1 heterocycles. The SMILES string of the molecule is C/C=C/C(O)C(=O)N(CCC[C@H](N)C(=O)NCC(=O)O)C12C[C@@H]1CN(C(=N)N)C2=O. The van der Waals surface area contributed by atoms with Crippen LogP contribution in [0.1, 0.15) is 26.2 Å². The summed E-state index contributed by atoms with van der Waals surface area (Å²) >= 11 is 0. The van der Waals surface area contributed by atoms with Crippen LogP contribution in [0.25, 0.3) is 0 Å². The fraction of sp³-hybridized carbons (Fsp3) is 0.611. The standard InChI is InChI=1S/C18H28N6O6/c1-2-4-12(25)15(29)24(6-3-5-11(19)14(28)22-8-13(26)27)18-7-10(18)9-23(16(18)30)17(20)21/h2,4,10-12,25H,3,5-9,19H2,1H3,(H3,20,21)(H,22,28)(H,26,27)/b4-2+/t10-,11+,12?,18?/m1/s1. The van der Waals surface area contributed by atoms with Gasteiger partial charge in [0.05, 0.1) is 6.04 Å². The van der Waals surface area contributed by atoms with Gasteiger partial charge in [-0.15, -0.1) is 0 Å². The first-order chi connectivity index (χ1) is 14.1. The molecule has 1 aliphatic heterocycles. The lowest BCUT2D eigenvalue weighted by molar-refractivity contribution is -0.148. The van der Waals surface area contributed by atoms with Crippen molar-refractivity contribution < 1.29 is 29.4 Å². The van der Waals surface area contributed by atoms with Crippen LogP contribution in [0, 0.1) is 11.3 Å². The highest BCUT2D eigenvalue weighted by atomic mass is 16.4. The number of carbonyl (C=O) groups excluding carboxylic acids is 3. The summed E-state index contributed by atoms with van der Waals surface area (Å²) in [5, 5.41) is 28.5. The molecule has 2 aliphatic rings. The van der Waals surface area contributed by atoms with E-state index in [1.165, 1.54) is 17.1 Å². The van der Waals surface area contributed by atoms with Crippen LogP contribution in [-0.4, -0.2) is 87.0 Å². The van der Waals surface area contributed by atoms with E-state index in [9.17, 15) is 24.3 Å². The molecule has 1 aliphatic carbocycles. The molecule has 0 radical (unpaired) electrons. The van der Waals surface area contributed by atoms with Crippen molar-refractivity contribution in [2.45, 2.75) is 43.9 Å². The maximum atomic E-state index is 12.9. The topological polar surface area (TPSA) is 203 Å². The number of guanidine groups is 1. The van der Waals surface area contributed by atoms with Crippen molar-refractivity contribution in [3.05, 3.63) is 12.2 Å². The van der Waals surface area contributed by atoms with Crippen molar-refractivity contribution in [2.75, 3.05) is 19.6 Å². The minimum atomic E-state index is -1.43. The summed E-state index contributed by atoms with van der Waals surface area (Å²) in [4.78, 5) is 50.5. The highest BCUT2D eigenvalue weighted by molar-refractivity contribution is 6.06. The molecular formula is C18H28N6O6. The number of allylic oxidation sites excluding steroid dienone is 1. The van der Waals surface area contributed by atoms with Crippen LogP contribution < -0.4 is 16.8 Å². The van der Waals surface area contributed by atoms with E-state index in [-0.39, 0.29) is 31.8 Å². The van der Waals surface area contributed by atoms with Gasteiger partial charge in [0.1, 0.15) is 12.1 Å². The Bertz CT molecular complexity index is 770. The molecule has 0 aromatic rings. The molecule has 0 spiro atoms. The van der Waals surface area contributed by atoms with E-state index in [0.717, 1.165) is 4.90 Å². The second-order valence-electron chi connectivity index (χ2n) is 7.45. The van der Waals surface area contributed by atoms with Crippen LogP contribution in [0.4, 0.5) is 0 Å². The van der Waals surface area contributed by atoms with E-state index in [0.29, 0.717) is 6.42 Å². The third-order valence-electron chi connectivity index (χ3n) is 5.41. The summed E-state index contributed by atoms with van der Waals surface area (Å²) in [5.41, 5.74) is 10.1. The van der Waals surface area contributed by atoms with Crippen LogP contribution in [0.15, 0.2) is 12.2 Å². The van der Waals surface area contributed by atoms with E-state index in [1.54, 1.807) is 6.92 Å². The molecule has 1 saturated heterocycles. The van der Waals surface area contributed by atoms with E-state index >= 15 is 0 Å². The molecular weight excluding hydrogens is 396 g/mol. The quantitative estimate of drug-likeness (QED) is 0.126. The maximum absolute atomic E-state index is 12.9. The predicted octanol–water partition coefficient (Wildman–Crippen LogP) is -2.45. The zero-order chi connectivity index (χ0) is 22.6. The van der Waals surface area contributed by atoms with Gasteiger partial charge in [-0.1, -0.05) is 12.2 Å². The van der Waals surface area contributed by atoms with Crippen molar-refractivity contribution in [2.24, 2.45) is 17.4 Å². The first-order valence-corrected chi connectivity index (χ1v) is 9.59. The van der Waals surface area contributed by atoms with Crippen molar-refractivity contribution in [3.8, 4) is 0 Å². The number of nitrogens with one attached hydrogen (secondary N) is 2. The van der Waals surface area contributed by atoms with Crippen LogP contribution in [0.5, 0.6) is 0 Å². The number of carbonyl (C=O) groups is 4. The Labute approximate surface area is 173 Å². The highest BCUT2D eigenvalue weighted by Crippen LogP contribution is 2.55. The molecule has 2 rings (SSSR count). The largest absolute Gasteiger partial charge is 0.480 e. The highest BCUT2D eigenvalue weighted by Gasteiger charge is 2.71. The van der Waals surface area contributed by atoms with Gasteiger partial charge in [0.15, 0.2) is 12.1 Å². The molecule has 2 unspecified atom stereocenters. The summed E-state index contributed by atoms with van der Waals surface area (Å²) in [5.74, 6) is -3.53. The average molecular weight is 424 g/mol. The van der Waals surface area contributed by atoms with E-state index < -0.39 is 53.9 Å². The summed E-state index contributed by atoms with van der Waals surface area (Å²) in [6.07, 6.45) is 2.19. The number of fused-ring (bicyclic) bond motifs is 1. The number of aliphatic hydroxyl groups excluding tert-OH is 1. The van der Waals surface area contributed by atoms with Crippen molar-refractivity contribution in [3.63, 3.8) is 0 Å². The molecule has 0 aromatic heterocycles. The number of carboxylic acid groups (broad SMARTS) is 1. The molecule has 8 N–H and O–H groups in total. The Morgan fingerprint density at radius 2 is 2.13 bits per heavy atom. The summed E-state index contributed by atoms with van der Waals surface area (Å²) in [7, 11) is 0. The third-order valence-corrected chi connectivity index (χ3v) is 5.41. The number of aliphatic hydroxyl groups is 1. The molecule has 0 aromatic carbocycles. The van der Waals surface area contributed by atoms with Gasteiger partial charge in [-0.2, -0.15) is 0 Å². The number of likely N-dealkylation sites (tertiary alicyclic amines) is 1. The minimum Gasteiger partial charge on any atom is -0.480 e. The van der Waals surface area contributed by atoms with E-state index in [4.69, 9.17) is 22.0 Å². The van der Waals surface area contributed by atoms with Crippen LogP contribution >= 0.6 is 0 Å². The average Bonchev–Trinajstić information content (AvgIpc) is 3.33. The van der Waals surface area contributed by atoms with Crippen molar-refractivity contribution >= 4 is 29.7 Å². The minimum absolute atomic E-state index is 0.0569. The van der Waals surface area contributed by atoms with Gasteiger partial charge >= 0.3 is 5.97 Å². The number of rotatable bonds is 10. The van der Waals surface area contributed by atoms with Gasteiger partial charge in [-0.05, 0) is 26.2 Å². The zero-order valence-electron chi connectivity index (χ0n) is 16.7. The van der Waals surface area contributed by atoms with Crippen molar-refractivity contribution in [1.82, 2.24) is 15.1 Å². The van der Waals surface area contributed by atoms with Gasteiger partial charge in [-0.3, -0.25) is 29.5 Å². The van der Waals surface area contributed by atoms with E-state index in [2.05, 4.69) is 5.32 Å². The molecule has 4 atom stereocenters. The van der Waals surface area contributed by atoms with Crippen LogP contribution in [0.3, 0.4) is 0 Å². The zero-order valence-corrected chi connectivity index (χ0v) is 16.7. The van der Waals surface area contributed by atoms with Gasteiger partial charge in [-0.25, -0.2) is 0 Å². The molecule has 2 fully saturated rings. The second-order valence-corrected chi connectivity index (χ2v) is 7.45. The van der Waals surface area contributed by atoms with E-state index in [1.807, 2.05) is 0 Å². The lowest BCUT2D eigenvalue weighted by Crippen LogP contribution is -2.54. The van der Waals surface area contributed by atoms with Crippen LogP contribution in [-0.2, 0) is 19.2 Å². The Hall–Kier alpha value is -2.99. The van der Waals surface area contributed by atoms with Crippen molar-refractivity contribution in [1.29, 1.82) is 5.41 Å². The number of piperidine rings is 1. The Morgan fingerprint density at radius 3 is 2.67 bits per heavy atom. The lowest BCUT2D eigenvalue weighted by Gasteiger charge is -2.32. The predicted molar refractivity (Wildman–Crippen MR) is 105 cm³/mol. The number of hydrogen-bond donors (Lipinski definition) is 6. The molecule has 12 nitrogen and oxygen atoms in total. The molecule has 166 valence electrons. The van der Waals surface area contributed by atoms with Gasteiger partial charge in [0.2, 0.25) is 5.91 Å². The maximum Gasteiger partial charge on any atom is 0.322 e. The summed E-state index contributed by atoms with van der Waals surface area (Å²) < 4.78 is 0. The monoisotopic (exact) mass is 424 g/mol. The Kier molecular flexibility index (Phi) is 7.16. The number of nitrogens with zero attached hydrogens (tertiary/aromatic N) is 2. The fourth-order valence-corrected chi connectivity index (χ4v) is 3.81. The summed E-state index contributed by atoms with van der Waals surface area (Å²) in [6.45, 7) is 1.38. The Morgan fingerprint density at radius 1 is 1.47 bits per heavy atom. The first kappa shape index (κ1) is 23.3. The second kappa shape index (κ2) is 9.22. The summed E-state index contributed by atoms with van der Waals surface area (Å²) in [6, 6.07) is -0.984. The third kappa shape index (κ3) is 4.60.